The molecule has 0 atom stereocenters. The van der Waals surface area contributed by atoms with Crippen LogP contribution in [0.1, 0.15) is 34.3 Å². The lowest BCUT2D eigenvalue weighted by molar-refractivity contribution is -0.137. The first-order valence-corrected chi connectivity index (χ1v) is 7.52. The van der Waals surface area contributed by atoms with Crippen molar-refractivity contribution in [2.24, 2.45) is 0 Å². The second kappa shape index (κ2) is 5.92. The van der Waals surface area contributed by atoms with Crippen molar-refractivity contribution in [3.05, 3.63) is 71.0 Å². The molecule has 1 aliphatic rings. The molecular formula is C18H15F4NO. The maximum Gasteiger partial charge on any atom is 0.416 e. The van der Waals surface area contributed by atoms with Gasteiger partial charge in [-0.05, 0) is 54.8 Å². The van der Waals surface area contributed by atoms with E-state index in [9.17, 15) is 22.4 Å². The third-order valence-electron chi connectivity index (χ3n) is 4.37. The number of hydrogen-bond acceptors (Lipinski definition) is 1. The van der Waals surface area contributed by atoms with E-state index in [1.807, 2.05) is 0 Å². The molecule has 0 heterocycles. The van der Waals surface area contributed by atoms with Crippen LogP contribution in [0.5, 0.6) is 0 Å². The Morgan fingerprint density at radius 1 is 1.00 bits per heavy atom. The van der Waals surface area contributed by atoms with E-state index < -0.39 is 17.6 Å². The van der Waals surface area contributed by atoms with Crippen LogP contribution in [0.3, 0.4) is 0 Å². The van der Waals surface area contributed by atoms with E-state index in [1.54, 1.807) is 12.1 Å². The monoisotopic (exact) mass is 337 g/mol. The van der Waals surface area contributed by atoms with Crippen molar-refractivity contribution in [2.45, 2.75) is 24.4 Å². The van der Waals surface area contributed by atoms with Crippen LogP contribution in [0, 0.1) is 5.82 Å². The molecule has 0 aliphatic heterocycles. The molecule has 0 saturated heterocycles. The predicted octanol–water partition coefficient (Wildman–Crippen LogP) is 4.31. The van der Waals surface area contributed by atoms with E-state index in [2.05, 4.69) is 5.32 Å². The van der Waals surface area contributed by atoms with Crippen LogP contribution in [0.2, 0.25) is 0 Å². The van der Waals surface area contributed by atoms with Crippen molar-refractivity contribution in [3.8, 4) is 0 Å². The van der Waals surface area contributed by atoms with Crippen molar-refractivity contribution in [1.29, 1.82) is 0 Å². The van der Waals surface area contributed by atoms with E-state index in [-0.39, 0.29) is 16.8 Å². The van der Waals surface area contributed by atoms with Crippen molar-refractivity contribution in [2.75, 3.05) is 6.54 Å². The molecule has 0 spiro atoms. The largest absolute Gasteiger partial charge is 0.416 e. The van der Waals surface area contributed by atoms with Gasteiger partial charge in [0, 0.05) is 17.5 Å². The van der Waals surface area contributed by atoms with Crippen molar-refractivity contribution >= 4 is 5.91 Å². The van der Waals surface area contributed by atoms with E-state index in [0.717, 1.165) is 42.7 Å². The quantitative estimate of drug-likeness (QED) is 0.828. The number of amides is 1. The Labute approximate surface area is 136 Å². The van der Waals surface area contributed by atoms with Crippen LogP contribution in [0.15, 0.2) is 48.5 Å². The topological polar surface area (TPSA) is 29.1 Å². The summed E-state index contributed by atoms with van der Waals surface area (Å²) in [5.74, 6) is -0.736. The SMILES string of the molecule is O=C(NCC1(c2ccc(F)cc2)CC1)c1ccc(C(F)(F)F)cc1. The summed E-state index contributed by atoms with van der Waals surface area (Å²) in [6.07, 6.45) is -2.66. The van der Waals surface area contributed by atoms with Gasteiger partial charge in [-0.3, -0.25) is 4.79 Å². The molecule has 1 saturated carbocycles. The first-order valence-electron chi connectivity index (χ1n) is 7.52. The van der Waals surface area contributed by atoms with Crippen molar-refractivity contribution in [1.82, 2.24) is 5.32 Å². The number of alkyl halides is 3. The summed E-state index contributed by atoms with van der Waals surface area (Å²) in [7, 11) is 0. The highest BCUT2D eigenvalue weighted by atomic mass is 19.4. The van der Waals surface area contributed by atoms with E-state index in [1.165, 1.54) is 12.1 Å². The Morgan fingerprint density at radius 2 is 1.58 bits per heavy atom. The van der Waals surface area contributed by atoms with Crippen LogP contribution in [-0.4, -0.2) is 12.5 Å². The molecule has 1 amide bonds. The molecule has 6 heteroatoms. The maximum atomic E-state index is 13.0. The number of carbonyl (C=O) groups is 1. The fourth-order valence-corrected chi connectivity index (χ4v) is 2.68. The molecule has 0 bridgehead atoms. The molecule has 1 fully saturated rings. The number of rotatable bonds is 4. The lowest BCUT2D eigenvalue weighted by atomic mass is 9.96. The van der Waals surface area contributed by atoms with E-state index in [4.69, 9.17) is 0 Å². The zero-order valence-electron chi connectivity index (χ0n) is 12.7. The minimum atomic E-state index is -4.42. The third-order valence-corrected chi connectivity index (χ3v) is 4.37. The van der Waals surface area contributed by atoms with Crippen LogP contribution in [0.25, 0.3) is 0 Å². The molecular weight excluding hydrogens is 322 g/mol. The lowest BCUT2D eigenvalue weighted by Crippen LogP contribution is -2.32. The van der Waals surface area contributed by atoms with Crippen molar-refractivity contribution < 1.29 is 22.4 Å². The Kier molecular flexibility index (Phi) is 4.07. The van der Waals surface area contributed by atoms with Gasteiger partial charge in [0.05, 0.1) is 5.56 Å². The Bertz CT molecular complexity index is 731. The first-order chi connectivity index (χ1) is 11.3. The van der Waals surface area contributed by atoms with Crippen LogP contribution >= 0.6 is 0 Å². The number of halogens is 4. The summed E-state index contributed by atoms with van der Waals surface area (Å²) in [4.78, 5) is 12.1. The van der Waals surface area contributed by atoms with Gasteiger partial charge < -0.3 is 5.32 Å². The van der Waals surface area contributed by atoms with Crippen LogP contribution < -0.4 is 5.32 Å². The van der Waals surface area contributed by atoms with E-state index >= 15 is 0 Å². The molecule has 3 rings (SSSR count). The fourth-order valence-electron chi connectivity index (χ4n) is 2.68. The van der Waals surface area contributed by atoms with Gasteiger partial charge >= 0.3 is 6.18 Å². The van der Waals surface area contributed by atoms with Crippen LogP contribution in [-0.2, 0) is 11.6 Å². The average Bonchev–Trinajstić information content (AvgIpc) is 3.34. The second-order valence-electron chi connectivity index (χ2n) is 6.05. The molecule has 0 radical (unpaired) electrons. The van der Waals surface area contributed by atoms with Crippen LogP contribution in [0.4, 0.5) is 17.6 Å². The molecule has 0 unspecified atom stereocenters. The smallest absolute Gasteiger partial charge is 0.351 e. The predicted molar refractivity (Wildman–Crippen MR) is 81.1 cm³/mol. The first kappa shape index (κ1) is 16.5. The molecule has 126 valence electrons. The summed E-state index contributed by atoms with van der Waals surface area (Å²) in [5.41, 5.74) is 0.147. The molecule has 2 nitrogen and oxygen atoms in total. The molecule has 2 aromatic carbocycles. The zero-order valence-corrected chi connectivity index (χ0v) is 12.7. The molecule has 1 aliphatic carbocycles. The second-order valence-corrected chi connectivity index (χ2v) is 6.05. The minimum absolute atomic E-state index is 0.179. The fraction of sp³-hybridized carbons (Fsp3) is 0.278. The van der Waals surface area contributed by atoms with E-state index in [0.29, 0.717) is 6.54 Å². The number of hydrogen-bond donors (Lipinski definition) is 1. The Balaban J connectivity index is 1.64. The van der Waals surface area contributed by atoms with Gasteiger partial charge in [0.15, 0.2) is 0 Å². The van der Waals surface area contributed by atoms with Gasteiger partial charge in [0.1, 0.15) is 5.82 Å². The number of benzene rings is 2. The highest BCUT2D eigenvalue weighted by Gasteiger charge is 2.44. The normalized spacial score (nSPS) is 15.8. The molecule has 1 N–H and O–H groups in total. The summed E-state index contributed by atoms with van der Waals surface area (Å²) in [6, 6.07) is 10.3. The summed E-state index contributed by atoms with van der Waals surface area (Å²) >= 11 is 0. The molecule has 2 aromatic rings. The lowest BCUT2D eigenvalue weighted by Gasteiger charge is -2.17. The Hall–Kier alpha value is -2.37. The minimum Gasteiger partial charge on any atom is -0.351 e. The maximum absolute atomic E-state index is 13.0. The number of carbonyl (C=O) groups excluding carboxylic acids is 1. The summed E-state index contributed by atoms with van der Waals surface area (Å²) in [6.45, 7) is 0.373. The summed E-state index contributed by atoms with van der Waals surface area (Å²) in [5, 5.41) is 2.76. The van der Waals surface area contributed by atoms with Crippen molar-refractivity contribution in [3.63, 3.8) is 0 Å². The highest BCUT2D eigenvalue weighted by Crippen LogP contribution is 2.47. The third kappa shape index (κ3) is 3.42. The van der Waals surface area contributed by atoms with Gasteiger partial charge in [-0.25, -0.2) is 4.39 Å². The highest BCUT2D eigenvalue weighted by molar-refractivity contribution is 5.94. The average molecular weight is 337 g/mol. The van der Waals surface area contributed by atoms with Gasteiger partial charge in [0.25, 0.3) is 5.91 Å². The van der Waals surface area contributed by atoms with Gasteiger partial charge in [-0.15, -0.1) is 0 Å². The van der Waals surface area contributed by atoms with Gasteiger partial charge in [-0.1, -0.05) is 12.1 Å². The Morgan fingerprint density at radius 3 is 2.08 bits per heavy atom. The zero-order chi connectivity index (χ0) is 17.4. The number of nitrogens with one attached hydrogen (secondary N) is 1. The molecule has 0 aromatic heterocycles. The van der Waals surface area contributed by atoms with Gasteiger partial charge in [0.2, 0.25) is 0 Å². The standard InChI is InChI=1S/C18H15F4NO/c19-15-7-5-13(6-8-15)17(9-10-17)11-23-16(24)12-1-3-14(4-2-12)18(20,21)22/h1-8H,9-11H2,(H,23,24). The summed E-state index contributed by atoms with van der Waals surface area (Å²) < 4.78 is 50.6. The van der Waals surface area contributed by atoms with Gasteiger partial charge in [-0.2, -0.15) is 13.2 Å². The molecule has 24 heavy (non-hydrogen) atoms.